The number of ether oxygens (including phenoxy) is 1. The van der Waals surface area contributed by atoms with Gasteiger partial charge in [-0.3, -0.25) is 9.59 Å². The third kappa shape index (κ3) is 5.19. The monoisotopic (exact) mass is 348 g/mol. The van der Waals surface area contributed by atoms with Gasteiger partial charge < -0.3 is 9.84 Å². The summed E-state index contributed by atoms with van der Waals surface area (Å²) in [6.07, 6.45) is 3.03. The number of carbonyl (C=O) groups excluding carboxylic acids is 1. The summed E-state index contributed by atoms with van der Waals surface area (Å²) in [4.78, 5) is 23.4. The standard InChI is InChI=1S/C14H21O4PS2/c15-13(16)11-3-1-2-4-12(11)14(17)18-5-10-8-20-6-9(19)7-21-10/h10-12,19H,1-8H2,(H,15,16). The Kier molecular flexibility index (Phi) is 6.90. The quantitative estimate of drug-likeness (QED) is 0.622. The molecule has 0 aromatic carbocycles. The van der Waals surface area contributed by atoms with Gasteiger partial charge in [-0.05, 0) is 18.1 Å². The van der Waals surface area contributed by atoms with E-state index >= 15 is 0 Å². The second kappa shape index (κ2) is 8.44. The van der Waals surface area contributed by atoms with Crippen molar-refractivity contribution < 1.29 is 19.4 Å². The minimum atomic E-state index is -0.866. The van der Waals surface area contributed by atoms with E-state index in [1.165, 1.54) is 5.29 Å². The van der Waals surface area contributed by atoms with E-state index in [4.69, 9.17) is 4.74 Å². The number of thioether (sulfide) groups is 2. The van der Waals surface area contributed by atoms with Crippen molar-refractivity contribution >= 4 is 49.6 Å². The highest BCUT2D eigenvalue weighted by atomic mass is 32.2. The average molecular weight is 348 g/mol. The molecule has 0 aromatic rings. The molecule has 3 atom stereocenters. The molecule has 1 saturated heterocycles. The Labute approximate surface area is 136 Å². The van der Waals surface area contributed by atoms with Gasteiger partial charge in [0.05, 0.1) is 11.8 Å². The van der Waals surface area contributed by atoms with Crippen molar-refractivity contribution in [2.24, 2.45) is 11.8 Å². The van der Waals surface area contributed by atoms with Crippen LogP contribution in [0.3, 0.4) is 0 Å². The summed E-state index contributed by atoms with van der Waals surface area (Å²) in [5.41, 5.74) is 0. The Morgan fingerprint density at radius 2 is 1.95 bits per heavy atom. The van der Waals surface area contributed by atoms with E-state index in [1.54, 1.807) is 11.8 Å². The predicted molar refractivity (Wildman–Crippen MR) is 90.9 cm³/mol. The molecule has 21 heavy (non-hydrogen) atoms. The van der Waals surface area contributed by atoms with Gasteiger partial charge in [0, 0.05) is 22.5 Å². The van der Waals surface area contributed by atoms with Crippen molar-refractivity contribution in [3.63, 3.8) is 0 Å². The van der Waals surface area contributed by atoms with Crippen LogP contribution < -0.4 is 0 Å². The summed E-state index contributed by atoms with van der Waals surface area (Å²) in [5.74, 6) is 0.681. The number of hydrogen-bond acceptors (Lipinski definition) is 5. The van der Waals surface area contributed by atoms with Gasteiger partial charge in [-0.25, -0.2) is 0 Å². The molecule has 118 valence electrons. The van der Waals surface area contributed by atoms with Crippen molar-refractivity contribution in [3.8, 4) is 0 Å². The summed E-state index contributed by atoms with van der Waals surface area (Å²) in [6.45, 7) is 0.388. The summed E-state index contributed by atoms with van der Waals surface area (Å²) in [5, 5.41) is 10.8. The number of carbonyl (C=O) groups is 2. The fraction of sp³-hybridized carbons (Fsp3) is 0.786. The van der Waals surface area contributed by atoms with Crippen LogP contribution in [-0.2, 0) is 14.3 Å². The first-order valence-electron chi connectivity index (χ1n) is 7.23. The van der Waals surface area contributed by atoms with E-state index in [0.717, 1.165) is 30.1 Å². The van der Waals surface area contributed by atoms with Crippen molar-refractivity contribution in [2.45, 2.75) is 30.9 Å². The van der Waals surface area contributed by atoms with Gasteiger partial charge in [-0.1, -0.05) is 12.8 Å². The van der Waals surface area contributed by atoms with Crippen molar-refractivity contribution in [3.05, 3.63) is 0 Å². The predicted octanol–water partition coefficient (Wildman–Crippen LogP) is 2.58. The molecule has 2 aliphatic rings. The molecule has 1 saturated carbocycles. The van der Waals surface area contributed by atoms with Crippen molar-refractivity contribution in [1.29, 1.82) is 0 Å². The third-order valence-corrected chi connectivity index (χ3v) is 7.43. The normalized spacial score (nSPS) is 30.5. The lowest BCUT2D eigenvalue weighted by molar-refractivity contribution is -0.159. The molecule has 2 rings (SSSR count). The average Bonchev–Trinajstić information content (AvgIpc) is 2.69. The number of carboxylic acid groups (broad SMARTS) is 1. The topological polar surface area (TPSA) is 63.6 Å². The highest BCUT2D eigenvalue weighted by Gasteiger charge is 2.37. The molecule has 2 fully saturated rings. The molecule has 1 aliphatic heterocycles. The van der Waals surface area contributed by atoms with Crippen LogP contribution in [-0.4, -0.2) is 51.5 Å². The number of hydrogen-bond donors (Lipinski definition) is 1. The summed E-state index contributed by atoms with van der Waals surface area (Å²) >= 11 is 3.62. The molecule has 1 N–H and O–H groups in total. The Balaban J connectivity index is 1.82. The van der Waals surface area contributed by atoms with Gasteiger partial charge in [-0.15, -0.1) is 20.6 Å². The lowest BCUT2D eigenvalue weighted by Gasteiger charge is -2.27. The molecule has 1 heterocycles. The van der Waals surface area contributed by atoms with Gasteiger partial charge in [0.1, 0.15) is 6.61 Å². The van der Waals surface area contributed by atoms with E-state index in [9.17, 15) is 14.7 Å². The number of aliphatic carboxylic acids is 1. The minimum absolute atomic E-state index is 0.291. The van der Waals surface area contributed by atoms with E-state index < -0.39 is 17.8 Å². The molecular formula is C14H21O4PS2. The number of rotatable bonds is 4. The van der Waals surface area contributed by atoms with E-state index in [-0.39, 0.29) is 5.97 Å². The first kappa shape index (κ1) is 17.2. The van der Waals surface area contributed by atoms with Crippen molar-refractivity contribution in [1.82, 2.24) is 0 Å². The largest absolute Gasteiger partial charge is 0.481 e. The second-order valence-corrected chi connectivity index (χ2v) is 8.54. The first-order chi connectivity index (χ1) is 10.1. The van der Waals surface area contributed by atoms with E-state index in [1.807, 2.05) is 11.8 Å². The fourth-order valence-corrected chi connectivity index (χ4v) is 5.60. The van der Waals surface area contributed by atoms with E-state index in [0.29, 0.717) is 24.7 Å². The number of esters is 1. The summed E-state index contributed by atoms with van der Waals surface area (Å²) < 4.78 is 5.43. The Morgan fingerprint density at radius 3 is 2.67 bits per heavy atom. The molecule has 4 nitrogen and oxygen atoms in total. The first-order valence-corrected chi connectivity index (χ1v) is 9.93. The maximum absolute atomic E-state index is 12.2. The maximum Gasteiger partial charge on any atom is 0.309 e. The van der Waals surface area contributed by atoms with Gasteiger partial charge in [0.15, 0.2) is 0 Å². The molecule has 0 amide bonds. The number of carboxylic acids is 1. The van der Waals surface area contributed by atoms with Crippen LogP contribution in [0.1, 0.15) is 25.7 Å². The van der Waals surface area contributed by atoms with Crippen LogP contribution in [0.4, 0.5) is 0 Å². The molecular weight excluding hydrogens is 327 g/mol. The lowest BCUT2D eigenvalue weighted by atomic mass is 9.79. The third-order valence-electron chi connectivity index (χ3n) is 3.87. The van der Waals surface area contributed by atoms with Crippen LogP contribution in [0.2, 0.25) is 0 Å². The van der Waals surface area contributed by atoms with E-state index in [2.05, 4.69) is 8.86 Å². The maximum atomic E-state index is 12.2. The molecule has 7 heteroatoms. The molecule has 0 bridgehead atoms. The summed E-state index contributed by atoms with van der Waals surface area (Å²) in [6, 6.07) is 0. The van der Waals surface area contributed by atoms with Crippen LogP contribution >= 0.6 is 32.4 Å². The zero-order valence-corrected chi connectivity index (χ0v) is 14.5. The van der Waals surface area contributed by atoms with Crippen molar-refractivity contribution in [2.75, 3.05) is 23.9 Å². The summed E-state index contributed by atoms with van der Waals surface area (Å²) in [7, 11) is 3.58. The van der Waals surface area contributed by atoms with Crippen LogP contribution in [0.25, 0.3) is 0 Å². The zero-order chi connectivity index (χ0) is 15.2. The second-order valence-electron chi connectivity index (χ2n) is 5.52. The highest BCUT2D eigenvalue weighted by Crippen LogP contribution is 2.31. The van der Waals surface area contributed by atoms with Crippen LogP contribution in [0.15, 0.2) is 0 Å². The SMILES string of the molecule is O=C(O)C1CCCCC1C(=O)OCC1CSCC(=P)CS1. The molecule has 0 spiro atoms. The highest BCUT2D eigenvalue weighted by molar-refractivity contribution is 8.05. The van der Waals surface area contributed by atoms with Gasteiger partial charge in [-0.2, -0.15) is 11.8 Å². The van der Waals surface area contributed by atoms with Crippen LogP contribution in [0.5, 0.6) is 0 Å². The Hall–Kier alpha value is -0.190. The van der Waals surface area contributed by atoms with Crippen LogP contribution in [0, 0.1) is 11.8 Å². The fourth-order valence-electron chi connectivity index (χ4n) is 2.71. The zero-order valence-electron chi connectivity index (χ0n) is 11.9. The molecule has 3 unspecified atom stereocenters. The molecule has 1 aliphatic carbocycles. The van der Waals surface area contributed by atoms with Gasteiger partial charge in [0.2, 0.25) is 0 Å². The Bertz CT molecular complexity index is 416. The lowest BCUT2D eigenvalue weighted by Crippen LogP contribution is -2.35. The smallest absolute Gasteiger partial charge is 0.309 e. The molecule has 0 aromatic heterocycles. The van der Waals surface area contributed by atoms with Gasteiger partial charge in [0.25, 0.3) is 0 Å². The Morgan fingerprint density at radius 1 is 1.24 bits per heavy atom. The van der Waals surface area contributed by atoms with Gasteiger partial charge >= 0.3 is 11.9 Å². The minimum Gasteiger partial charge on any atom is -0.481 e. The molecule has 0 radical (unpaired) electrons.